The van der Waals surface area contributed by atoms with E-state index in [4.69, 9.17) is 10.7 Å². The van der Waals surface area contributed by atoms with Gasteiger partial charge in [-0.05, 0) is 31.2 Å². The Morgan fingerprint density at radius 2 is 1.97 bits per heavy atom. The van der Waals surface area contributed by atoms with Gasteiger partial charge in [0.25, 0.3) is 0 Å². The molecule has 1 aromatic carbocycles. The lowest BCUT2D eigenvalue weighted by molar-refractivity contribution is -0.141. The number of carbonyl (C=O) groups excluding carboxylic acids is 4. The first-order chi connectivity index (χ1) is 17.4. The molecule has 0 spiro atoms. The molecule has 3 N–H and O–H groups in total. The van der Waals surface area contributed by atoms with Crippen molar-refractivity contribution in [1.29, 1.82) is 0 Å². The largest absolute Gasteiger partial charge is 0.368 e. The van der Waals surface area contributed by atoms with E-state index in [0.717, 1.165) is 24.2 Å². The number of likely N-dealkylation sites (tertiary alicyclic amines) is 1. The van der Waals surface area contributed by atoms with Crippen molar-refractivity contribution in [3.8, 4) is 0 Å². The van der Waals surface area contributed by atoms with Gasteiger partial charge in [-0.1, -0.05) is 37.3 Å². The van der Waals surface area contributed by atoms with Crippen LogP contribution < -0.4 is 11.1 Å². The quantitative estimate of drug-likeness (QED) is 0.521. The van der Waals surface area contributed by atoms with Crippen molar-refractivity contribution in [2.24, 2.45) is 11.7 Å². The Morgan fingerprint density at radius 3 is 2.64 bits per heavy atom. The summed E-state index contributed by atoms with van der Waals surface area (Å²) in [5.74, 6) is -0.605. The molecular weight excluding hydrogens is 458 g/mol. The second-order valence-corrected chi connectivity index (χ2v) is 9.85. The second-order valence-electron chi connectivity index (χ2n) is 9.85. The van der Waals surface area contributed by atoms with E-state index >= 15 is 0 Å². The zero-order valence-corrected chi connectivity index (χ0v) is 20.8. The summed E-state index contributed by atoms with van der Waals surface area (Å²) in [5.41, 5.74) is 7.40. The molecular formula is C27H35N5O4. The van der Waals surface area contributed by atoms with Crippen LogP contribution in [0.3, 0.4) is 0 Å². The van der Waals surface area contributed by atoms with Gasteiger partial charge in [0.1, 0.15) is 23.7 Å². The van der Waals surface area contributed by atoms with Crippen LogP contribution in [0.2, 0.25) is 0 Å². The average molecular weight is 494 g/mol. The molecule has 3 amide bonds. The third kappa shape index (κ3) is 6.01. The first kappa shape index (κ1) is 25.6. The Hall–Kier alpha value is -3.49. The van der Waals surface area contributed by atoms with Crippen molar-refractivity contribution in [3.63, 3.8) is 0 Å². The van der Waals surface area contributed by atoms with Gasteiger partial charge in [0.15, 0.2) is 0 Å². The maximum absolute atomic E-state index is 13.6. The van der Waals surface area contributed by atoms with E-state index in [2.05, 4.69) is 28.9 Å². The van der Waals surface area contributed by atoms with Gasteiger partial charge in [-0.3, -0.25) is 19.2 Å². The average Bonchev–Trinajstić information content (AvgIpc) is 3.60. The number of ketones is 1. The van der Waals surface area contributed by atoms with Gasteiger partial charge in [-0.2, -0.15) is 0 Å². The van der Waals surface area contributed by atoms with Crippen LogP contribution in [0, 0.1) is 5.92 Å². The molecule has 1 aromatic heterocycles. The molecule has 1 aliphatic heterocycles. The molecule has 2 aromatic rings. The predicted octanol–water partition coefficient (Wildman–Crippen LogP) is 1.76. The Bertz CT molecular complexity index is 1110. The lowest BCUT2D eigenvalue weighted by Crippen LogP contribution is -2.54. The molecule has 192 valence electrons. The van der Waals surface area contributed by atoms with Gasteiger partial charge in [0, 0.05) is 50.9 Å². The summed E-state index contributed by atoms with van der Waals surface area (Å²) < 4.78 is 2.09. The molecule has 1 saturated carbocycles. The highest BCUT2D eigenvalue weighted by molar-refractivity contribution is 5.94. The summed E-state index contributed by atoms with van der Waals surface area (Å²) in [7, 11) is 0. The minimum absolute atomic E-state index is 0.0650. The number of amides is 3. The van der Waals surface area contributed by atoms with E-state index in [1.54, 1.807) is 0 Å². The molecule has 9 heteroatoms. The number of nitrogens with zero attached hydrogens (tertiary/aromatic N) is 3. The molecule has 0 radical (unpaired) electrons. The number of aromatic nitrogens is 2. The predicted molar refractivity (Wildman–Crippen MR) is 134 cm³/mol. The number of Topliss-reactive ketones (excluding diaryl/α,β-unsaturated/α-hetero) is 1. The molecule has 1 saturated heterocycles. The molecule has 4 rings (SSSR count). The minimum Gasteiger partial charge on any atom is -0.368 e. The lowest BCUT2D eigenvalue weighted by atomic mass is 10.0. The summed E-state index contributed by atoms with van der Waals surface area (Å²) in [4.78, 5) is 56.6. The monoisotopic (exact) mass is 493 g/mol. The Labute approximate surface area is 211 Å². The molecule has 2 fully saturated rings. The van der Waals surface area contributed by atoms with Crippen LogP contribution in [-0.2, 0) is 38.6 Å². The number of rotatable bonds is 10. The maximum Gasteiger partial charge on any atom is 0.246 e. The first-order valence-electron chi connectivity index (χ1n) is 12.9. The zero-order valence-electron chi connectivity index (χ0n) is 20.8. The molecule has 9 nitrogen and oxygen atoms in total. The molecule has 1 aliphatic carbocycles. The minimum atomic E-state index is -0.886. The molecule has 2 aliphatic rings. The van der Waals surface area contributed by atoms with Crippen LogP contribution in [0.15, 0.2) is 36.5 Å². The number of hydrogen-bond donors (Lipinski definition) is 2. The summed E-state index contributed by atoms with van der Waals surface area (Å²) in [6, 6.07) is 8.53. The molecule has 0 bridgehead atoms. The fourth-order valence-corrected chi connectivity index (χ4v) is 5.21. The van der Waals surface area contributed by atoms with E-state index < -0.39 is 23.9 Å². The van der Waals surface area contributed by atoms with Crippen molar-refractivity contribution in [2.45, 2.75) is 76.9 Å². The number of aryl methyl sites for hydroxylation is 1. The smallest absolute Gasteiger partial charge is 0.246 e. The second kappa shape index (κ2) is 11.5. The van der Waals surface area contributed by atoms with Crippen LogP contribution in [0.1, 0.15) is 62.5 Å². The SMILES string of the molecule is CCCc1nc(C[C@H](NC(=O)[C@@H]2CCC(=O)C2)C(=O)N2CCC[C@H]2C(N)=O)cn1Cc1ccccc1. The molecule has 0 unspecified atom stereocenters. The molecule has 36 heavy (non-hydrogen) atoms. The number of benzene rings is 1. The summed E-state index contributed by atoms with van der Waals surface area (Å²) >= 11 is 0. The standard InChI is InChI=1S/C27H35N5O4/c1-2-7-24-29-20(17-31(24)16-18-8-4-3-5-9-18)15-22(30-26(35)19-11-12-21(33)14-19)27(36)32-13-6-10-23(32)25(28)34/h3-5,8-9,17,19,22-23H,2,6-7,10-16H2,1H3,(H2,28,34)(H,30,35)/t19-,22+,23+/m1/s1. The number of nitrogens with two attached hydrogens (primary N) is 1. The van der Waals surface area contributed by atoms with Crippen molar-refractivity contribution >= 4 is 23.5 Å². The van der Waals surface area contributed by atoms with Gasteiger partial charge in [0.2, 0.25) is 17.7 Å². The topological polar surface area (TPSA) is 127 Å². The fraction of sp³-hybridized carbons (Fsp3) is 0.519. The highest BCUT2D eigenvalue weighted by Gasteiger charge is 2.38. The van der Waals surface area contributed by atoms with E-state index in [0.29, 0.717) is 44.5 Å². The van der Waals surface area contributed by atoms with E-state index in [1.165, 1.54) is 4.90 Å². The van der Waals surface area contributed by atoms with Crippen LogP contribution >= 0.6 is 0 Å². The normalized spacial score (nSPS) is 20.5. The van der Waals surface area contributed by atoms with Gasteiger partial charge >= 0.3 is 0 Å². The van der Waals surface area contributed by atoms with E-state index in [1.807, 2.05) is 24.4 Å². The number of primary amides is 1. The Kier molecular flexibility index (Phi) is 8.18. The number of carbonyl (C=O) groups is 4. The van der Waals surface area contributed by atoms with Crippen molar-refractivity contribution in [2.75, 3.05) is 6.54 Å². The van der Waals surface area contributed by atoms with Crippen molar-refractivity contribution < 1.29 is 19.2 Å². The zero-order chi connectivity index (χ0) is 25.7. The fourth-order valence-electron chi connectivity index (χ4n) is 5.21. The highest BCUT2D eigenvalue weighted by atomic mass is 16.2. The number of hydrogen-bond acceptors (Lipinski definition) is 5. The van der Waals surface area contributed by atoms with Gasteiger partial charge in [0.05, 0.1) is 5.69 Å². The molecule has 3 atom stereocenters. The first-order valence-corrected chi connectivity index (χ1v) is 12.9. The van der Waals surface area contributed by atoms with Gasteiger partial charge in [-0.15, -0.1) is 0 Å². The Morgan fingerprint density at radius 1 is 1.19 bits per heavy atom. The number of nitrogens with one attached hydrogen (secondary N) is 1. The maximum atomic E-state index is 13.6. The Balaban J connectivity index is 1.57. The summed E-state index contributed by atoms with van der Waals surface area (Å²) in [6.45, 7) is 3.17. The van der Waals surface area contributed by atoms with E-state index in [-0.39, 0.29) is 30.4 Å². The van der Waals surface area contributed by atoms with Crippen LogP contribution in [0.5, 0.6) is 0 Å². The van der Waals surface area contributed by atoms with Gasteiger partial charge < -0.3 is 20.5 Å². The third-order valence-electron chi connectivity index (χ3n) is 7.09. The number of imidazole rings is 1. The summed E-state index contributed by atoms with van der Waals surface area (Å²) in [5, 5.41) is 2.89. The van der Waals surface area contributed by atoms with Crippen molar-refractivity contribution in [1.82, 2.24) is 19.8 Å². The molecule has 2 heterocycles. The van der Waals surface area contributed by atoms with Crippen LogP contribution in [0.25, 0.3) is 0 Å². The van der Waals surface area contributed by atoms with Crippen LogP contribution in [0.4, 0.5) is 0 Å². The van der Waals surface area contributed by atoms with E-state index in [9.17, 15) is 19.2 Å². The van der Waals surface area contributed by atoms with Crippen LogP contribution in [-0.4, -0.2) is 56.6 Å². The van der Waals surface area contributed by atoms with Crippen molar-refractivity contribution in [3.05, 3.63) is 53.6 Å². The third-order valence-corrected chi connectivity index (χ3v) is 7.09. The lowest BCUT2D eigenvalue weighted by Gasteiger charge is -2.28. The summed E-state index contributed by atoms with van der Waals surface area (Å²) in [6.07, 6.45) is 6.14. The highest BCUT2D eigenvalue weighted by Crippen LogP contribution is 2.24. The van der Waals surface area contributed by atoms with Gasteiger partial charge in [-0.25, -0.2) is 4.98 Å².